The van der Waals surface area contributed by atoms with E-state index in [9.17, 15) is 14.4 Å². The van der Waals surface area contributed by atoms with Crippen molar-refractivity contribution in [2.45, 2.75) is 45.1 Å². The van der Waals surface area contributed by atoms with E-state index in [1.165, 1.54) is 4.90 Å². The number of carbonyl (C=O) groups excluding carboxylic acids is 3. The standard InChI is InChI=1S/C23H27ClN4O3S/c1-3-23(21(30)28(22(31)26-23)13-10-19-15(2)25-14-32-19)16-8-11-27(12-9-16)20(29)17-6-4-5-7-18(17)24/h4-7,14,16H,3,8-13H2,1-2H3,(H,26,31). The fourth-order valence-electron chi connectivity index (χ4n) is 4.81. The zero-order valence-electron chi connectivity index (χ0n) is 18.3. The minimum atomic E-state index is -0.903. The topological polar surface area (TPSA) is 82.6 Å². The molecule has 3 heterocycles. The van der Waals surface area contributed by atoms with E-state index >= 15 is 0 Å². The third-order valence-electron chi connectivity index (χ3n) is 6.75. The number of benzene rings is 1. The summed E-state index contributed by atoms with van der Waals surface area (Å²) in [5.74, 6) is -0.264. The Kier molecular flexibility index (Phi) is 6.53. The Morgan fingerprint density at radius 1 is 1.28 bits per heavy atom. The van der Waals surface area contributed by atoms with Gasteiger partial charge in [-0.15, -0.1) is 11.3 Å². The smallest absolute Gasteiger partial charge is 0.325 e. The van der Waals surface area contributed by atoms with Crippen molar-refractivity contribution in [3.05, 3.63) is 50.9 Å². The lowest BCUT2D eigenvalue weighted by atomic mass is 9.75. The van der Waals surface area contributed by atoms with E-state index in [-0.39, 0.29) is 23.8 Å². The molecule has 2 aliphatic rings. The Bertz CT molecular complexity index is 1030. The highest BCUT2D eigenvalue weighted by Gasteiger charge is 2.54. The fraction of sp³-hybridized carbons (Fsp3) is 0.478. The fourth-order valence-corrected chi connectivity index (χ4v) is 5.80. The van der Waals surface area contributed by atoms with Crippen molar-refractivity contribution >= 4 is 40.8 Å². The number of halogens is 1. The molecule has 2 aliphatic heterocycles. The summed E-state index contributed by atoms with van der Waals surface area (Å²) in [5, 5.41) is 3.46. The molecule has 1 aromatic carbocycles. The van der Waals surface area contributed by atoms with Crippen molar-refractivity contribution in [2.24, 2.45) is 5.92 Å². The van der Waals surface area contributed by atoms with Crippen molar-refractivity contribution in [1.29, 1.82) is 0 Å². The molecular formula is C23H27ClN4O3S. The minimum Gasteiger partial charge on any atom is -0.339 e. The summed E-state index contributed by atoms with van der Waals surface area (Å²) in [4.78, 5) is 47.5. The summed E-state index contributed by atoms with van der Waals surface area (Å²) < 4.78 is 0. The van der Waals surface area contributed by atoms with Crippen LogP contribution in [0.4, 0.5) is 4.79 Å². The SMILES string of the molecule is CCC1(C2CCN(C(=O)c3ccccc3Cl)CC2)NC(=O)N(CCc2scnc2C)C1=O. The van der Waals surface area contributed by atoms with Gasteiger partial charge >= 0.3 is 6.03 Å². The third kappa shape index (κ3) is 4.01. The quantitative estimate of drug-likeness (QED) is 0.643. The van der Waals surface area contributed by atoms with Gasteiger partial charge in [0, 0.05) is 30.9 Å². The molecule has 0 saturated carbocycles. The van der Waals surface area contributed by atoms with E-state index in [1.807, 2.05) is 13.8 Å². The molecule has 7 nitrogen and oxygen atoms in total. The molecule has 0 bridgehead atoms. The molecule has 0 spiro atoms. The van der Waals surface area contributed by atoms with Crippen LogP contribution < -0.4 is 5.32 Å². The number of imide groups is 1. The Balaban J connectivity index is 1.43. The van der Waals surface area contributed by atoms with Crippen LogP contribution in [0.3, 0.4) is 0 Å². The average molecular weight is 475 g/mol. The Morgan fingerprint density at radius 3 is 2.62 bits per heavy atom. The van der Waals surface area contributed by atoms with E-state index in [0.717, 1.165) is 10.6 Å². The zero-order valence-corrected chi connectivity index (χ0v) is 19.8. The predicted octanol–water partition coefficient (Wildman–Crippen LogP) is 3.90. The molecule has 4 amide bonds. The first-order valence-electron chi connectivity index (χ1n) is 10.9. The number of hydrogen-bond donors (Lipinski definition) is 1. The van der Waals surface area contributed by atoms with Crippen LogP contribution in [0.2, 0.25) is 5.02 Å². The van der Waals surface area contributed by atoms with Crippen LogP contribution in [0.5, 0.6) is 0 Å². The second-order valence-corrected chi connectivity index (χ2v) is 9.72. The molecule has 1 unspecified atom stereocenters. The van der Waals surface area contributed by atoms with Gasteiger partial charge in [-0.05, 0) is 44.2 Å². The predicted molar refractivity (Wildman–Crippen MR) is 124 cm³/mol. The first kappa shape index (κ1) is 22.7. The lowest BCUT2D eigenvalue weighted by Crippen LogP contribution is -2.56. The Hall–Kier alpha value is -2.45. The largest absolute Gasteiger partial charge is 0.339 e. The van der Waals surface area contributed by atoms with Gasteiger partial charge in [-0.25, -0.2) is 9.78 Å². The van der Waals surface area contributed by atoms with E-state index < -0.39 is 5.54 Å². The molecule has 1 N–H and O–H groups in total. The number of aromatic nitrogens is 1. The van der Waals surface area contributed by atoms with Crippen LogP contribution in [0.1, 0.15) is 47.1 Å². The summed E-state index contributed by atoms with van der Waals surface area (Å²) >= 11 is 7.74. The highest BCUT2D eigenvalue weighted by atomic mass is 35.5. The van der Waals surface area contributed by atoms with E-state index in [1.54, 1.807) is 46.0 Å². The summed E-state index contributed by atoms with van der Waals surface area (Å²) in [6, 6.07) is 6.71. The van der Waals surface area contributed by atoms with Crippen molar-refractivity contribution in [3.8, 4) is 0 Å². The van der Waals surface area contributed by atoms with Crippen LogP contribution >= 0.6 is 22.9 Å². The number of thiazole rings is 1. The van der Waals surface area contributed by atoms with Gasteiger partial charge in [0.25, 0.3) is 11.8 Å². The van der Waals surface area contributed by atoms with Crippen LogP contribution in [0.15, 0.2) is 29.8 Å². The molecule has 1 aromatic heterocycles. The van der Waals surface area contributed by atoms with Gasteiger partial charge in [0.05, 0.1) is 21.8 Å². The van der Waals surface area contributed by atoms with Gasteiger partial charge in [-0.3, -0.25) is 14.5 Å². The van der Waals surface area contributed by atoms with E-state index in [4.69, 9.17) is 11.6 Å². The lowest BCUT2D eigenvalue weighted by molar-refractivity contribution is -0.134. The van der Waals surface area contributed by atoms with Gasteiger partial charge in [0.2, 0.25) is 0 Å². The summed E-state index contributed by atoms with van der Waals surface area (Å²) in [6.07, 6.45) is 2.44. The number of piperidine rings is 1. The summed E-state index contributed by atoms with van der Waals surface area (Å²) in [7, 11) is 0. The van der Waals surface area contributed by atoms with Gasteiger partial charge in [-0.2, -0.15) is 0 Å². The maximum Gasteiger partial charge on any atom is 0.325 e. The van der Waals surface area contributed by atoms with Crippen molar-refractivity contribution in [3.63, 3.8) is 0 Å². The first-order chi connectivity index (χ1) is 15.4. The Labute approximate surface area is 196 Å². The molecule has 0 radical (unpaired) electrons. The summed E-state index contributed by atoms with van der Waals surface area (Å²) in [6.45, 7) is 5.28. The van der Waals surface area contributed by atoms with Crippen LogP contribution in [0.25, 0.3) is 0 Å². The second-order valence-electron chi connectivity index (χ2n) is 8.37. The number of aryl methyl sites for hydroxylation is 1. The van der Waals surface area contributed by atoms with Crippen molar-refractivity contribution in [1.82, 2.24) is 20.1 Å². The number of likely N-dealkylation sites (tertiary alicyclic amines) is 1. The molecule has 4 rings (SSSR count). The molecule has 2 saturated heterocycles. The number of nitrogens with one attached hydrogen (secondary N) is 1. The van der Waals surface area contributed by atoms with Gasteiger partial charge in [0.15, 0.2) is 0 Å². The van der Waals surface area contributed by atoms with Gasteiger partial charge in [0.1, 0.15) is 5.54 Å². The number of carbonyl (C=O) groups is 3. The maximum atomic E-state index is 13.4. The second kappa shape index (κ2) is 9.19. The molecule has 2 fully saturated rings. The van der Waals surface area contributed by atoms with Crippen LogP contribution in [-0.4, -0.2) is 57.8 Å². The number of nitrogens with zero attached hydrogens (tertiary/aromatic N) is 3. The highest BCUT2D eigenvalue weighted by Crippen LogP contribution is 2.36. The minimum absolute atomic E-state index is 0.0191. The van der Waals surface area contributed by atoms with Crippen LogP contribution in [-0.2, 0) is 11.2 Å². The van der Waals surface area contributed by atoms with E-state index in [0.29, 0.717) is 55.9 Å². The third-order valence-corrected chi connectivity index (χ3v) is 8.07. The highest BCUT2D eigenvalue weighted by molar-refractivity contribution is 7.09. The number of rotatable bonds is 6. The first-order valence-corrected chi connectivity index (χ1v) is 12.2. The number of hydrogen-bond acceptors (Lipinski definition) is 5. The molecule has 32 heavy (non-hydrogen) atoms. The molecule has 2 aromatic rings. The van der Waals surface area contributed by atoms with Crippen molar-refractivity contribution in [2.75, 3.05) is 19.6 Å². The van der Waals surface area contributed by atoms with Gasteiger partial charge < -0.3 is 10.2 Å². The van der Waals surface area contributed by atoms with Crippen LogP contribution in [0, 0.1) is 12.8 Å². The normalized spacial score (nSPS) is 21.8. The maximum absolute atomic E-state index is 13.4. The average Bonchev–Trinajstić information content (AvgIpc) is 3.32. The summed E-state index contributed by atoms with van der Waals surface area (Å²) in [5.41, 5.74) is 2.32. The zero-order chi connectivity index (χ0) is 22.9. The van der Waals surface area contributed by atoms with Gasteiger partial charge in [-0.1, -0.05) is 30.7 Å². The molecule has 0 aliphatic carbocycles. The lowest BCUT2D eigenvalue weighted by Gasteiger charge is -2.40. The van der Waals surface area contributed by atoms with Crippen molar-refractivity contribution < 1.29 is 14.4 Å². The van der Waals surface area contributed by atoms with E-state index in [2.05, 4.69) is 10.3 Å². The molecule has 170 valence electrons. The molecule has 1 atom stereocenters. The monoisotopic (exact) mass is 474 g/mol. The number of urea groups is 1. The number of amides is 4. The Morgan fingerprint density at radius 2 is 2.00 bits per heavy atom. The molecular weight excluding hydrogens is 448 g/mol. The molecule has 9 heteroatoms.